The average Bonchev–Trinajstić information content (AvgIpc) is 2.30. The zero-order valence-electron chi connectivity index (χ0n) is 10.3. The third-order valence-corrected chi connectivity index (χ3v) is 3.41. The molecule has 0 atom stereocenters. The molecule has 0 aliphatic rings. The van der Waals surface area contributed by atoms with Crippen LogP contribution in [0.1, 0.15) is 20.3 Å². The van der Waals surface area contributed by atoms with Crippen molar-refractivity contribution in [3.63, 3.8) is 0 Å². The zero-order chi connectivity index (χ0) is 12.1. The zero-order valence-corrected chi connectivity index (χ0v) is 11.1. The van der Waals surface area contributed by atoms with Crippen LogP contribution in [-0.4, -0.2) is 38.1 Å². The average molecular weight is 240 g/mol. The Morgan fingerprint density at radius 1 is 1.25 bits per heavy atom. The van der Waals surface area contributed by atoms with Crippen LogP contribution in [0.2, 0.25) is 0 Å². The van der Waals surface area contributed by atoms with Crippen LogP contribution >= 0.6 is 12.2 Å². The molecule has 0 radical (unpaired) electrons. The van der Waals surface area contributed by atoms with Gasteiger partial charge >= 0.3 is 0 Å². The highest BCUT2D eigenvalue weighted by molar-refractivity contribution is 7.71. The molecule has 90 valence electrons. The smallest absolute Gasteiger partial charge is 0.200 e. The minimum atomic E-state index is 0.000549. The summed E-state index contributed by atoms with van der Waals surface area (Å²) in [5.74, 6) is 0. The molecule has 0 heterocycles. The largest absolute Gasteiger partial charge is 0.373 e. The summed E-state index contributed by atoms with van der Waals surface area (Å²) in [4.78, 5) is 15.4. The second-order valence-corrected chi connectivity index (χ2v) is 4.43. The molecule has 1 rings (SSSR count). The van der Waals surface area contributed by atoms with E-state index in [1.54, 1.807) is 6.07 Å². The van der Waals surface area contributed by atoms with Gasteiger partial charge in [-0.05, 0) is 26.1 Å². The molecule has 1 aromatic rings. The monoisotopic (exact) mass is 240 g/mol. The molecule has 0 N–H and O–H groups in total. The molecular formula is C12H20N2OS. The SMILES string of the molecule is CCN(CC)CCCN(C)c1cc(=O)c1=S. The highest BCUT2D eigenvalue weighted by Crippen LogP contribution is 2.13. The van der Waals surface area contributed by atoms with Gasteiger partial charge in [0.15, 0.2) is 0 Å². The number of hydrogen-bond acceptors (Lipinski definition) is 4. The van der Waals surface area contributed by atoms with Crippen LogP contribution in [0, 0.1) is 4.51 Å². The van der Waals surface area contributed by atoms with Gasteiger partial charge in [-0.25, -0.2) is 0 Å². The fourth-order valence-corrected chi connectivity index (χ4v) is 2.05. The summed E-state index contributed by atoms with van der Waals surface area (Å²) in [7, 11) is 1.99. The van der Waals surface area contributed by atoms with Crippen molar-refractivity contribution in [3.8, 4) is 0 Å². The molecule has 1 aromatic carbocycles. The highest BCUT2D eigenvalue weighted by Gasteiger charge is 2.10. The normalized spacial score (nSPS) is 11.2. The van der Waals surface area contributed by atoms with Gasteiger partial charge in [0.2, 0.25) is 5.43 Å². The Labute approximate surface area is 102 Å². The Morgan fingerprint density at radius 2 is 1.88 bits per heavy atom. The fraction of sp³-hybridized carbons (Fsp3) is 0.667. The first-order chi connectivity index (χ1) is 7.60. The first kappa shape index (κ1) is 13.3. The number of hydrogen-bond donors (Lipinski definition) is 0. The summed E-state index contributed by atoms with van der Waals surface area (Å²) in [6, 6.07) is 1.62. The standard InChI is InChI=1S/C12H20N2OS/c1-4-14(5-2)8-6-7-13(3)10-9-11(15)12(10)16/h9H,4-8H2,1-3H3. The van der Waals surface area contributed by atoms with E-state index in [0.29, 0.717) is 4.51 Å². The minimum Gasteiger partial charge on any atom is -0.373 e. The van der Waals surface area contributed by atoms with Crippen molar-refractivity contribution in [1.29, 1.82) is 0 Å². The van der Waals surface area contributed by atoms with Crippen molar-refractivity contribution in [2.45, 2.75) is 20.3 Å². The van der Waals surface area contributed by atoms with Gasteiger partial charge in [-0.15, -0.1) is 0 Å². The predicted octanol–water partition coefficient (Wildman–Crippen LogP) is 1.82. The summed E-state index contributed by atoms with van der Waals surface area (Å²) in [6.07, 6.45) is 1.10. The molecule has 0 saturated heterocycles. The first-order valence-electron chi connectivity index (χ1n) is 5.84. The van der Waals surface area contributed by atoms with Gasteiger partial charge in [-0.2, -0.15) is 0 Å². The van der Waals surface area contributed by atoms with Gasteiger partial charge in [0.25, 0.3) is 0 Å². The summed E-state index contributed by atoms with van der Waals surface area (Å²) in [6.45, 7) is 8.60. The molecule has 0 unspecified atom stereocenters. The van der Waals surface area contributed by atoms with E-state index >= 15 is 0 Å². The van der Waals surface area contributed by atoms with Crippen LogP contribution < -0.4 is 10.3 Å². The second kappa shape index (κ2) is 6.11. The Kier molecular flexibility index (Phi) is 5.09. The third-order valence-electron chi connectivity index (χ3n) is 3.00. The van der Waals surface area contributed by atoms with E-state index in [-0.39, 0.29) is 5.43 Å². The molecule has 0 bridgehead atoms. The van der Waals surface area contributed by atoms with E-state index in [4.69, 9.17) is 12.2 Å². The molecule has 0 saturated carbocycles. The van der Waals surface area contributed by atoms with Crippen molar-refractivity contribution in [2.24, 2.45) is 0 Å². The lowest BCUT2D eigenvalue weighted by Gasteiger charge is -2.23. The lowest BCUT2D eigenvalue weighted by molar-refractivity contribution is 0.301. The topological polar surface area (TPSA) is 23.6 Å². The molecule has 4 heteroatoms. The molecule has 16 heavy (non-hydrogen) atoms. The lowest BCUT2D eigenvalue weighted by Crippen LogP contribution is -2.29. The van der Waals surface area contributed by atoms with Gasteiger partial charge < -0.3 is 9.80 Å². The van der Waals surface area contributed by atoms with E-state index in [0.717, 1.165) is 38.3 Å². The molecule has 0 spiro atoms. The Morgan fingerprint density at radius 3 is 2.31 bits per heavy atom. The van der Waals surface area contributed by atoms with E-state index < -0.39 is 0 Å². The highest BCUT2D eigenvalue weighted by atomic mass is 32.1. The van der Waals surface area contributed by atoms with Crippen molar-refractivity contribution in [1.82, 2.24) is 4.90 Å². The summed E-state index contributed by atoms with van der Waals surface area (Å²) in [5.41, 5.74) is 0.931. The molecular weight excluding hydrogens is 220 g/mol. The Bertz CT molecular complexity index is 391. The molecule has 3 nitrogen and oxygen atoms in total. The van der Waals surface area contributed by atoms with Crippen LogP contribution in [0.5, 0.6) is 0 Å². The summed E-state index contributed by atoms with van der Waals surface area (Å²) >= 11 is 4.98. The summed E-state index contributed by atoms with van der Waals surface area (Å²) < 4.78 is 0.491. The molecule has 0 aliphatic carbocycles. The number of rotatable bonds is 7. The maximum absolute atomic E-state index is 11.0. The first-order valence-corrected chi connectivity index (χ1v) is 6.24. The molecule has 0 aromatic heterocycles. The predicted molar refractivity (Wildman–Crippen MR) is 71.6 cm³/mol. The van der Waals surface area contributed by atoms with Gasteiger partial charge in [0, 0.05) is 19.7 Å². The van der Waals surface area contributed by atoms with Gasteiger partial charge in [0.05, 0.1) is 5.69 Å². The van der Waals surface area contributed by atoms with Gasteiger partial charge in [-0.3, -0.25) is 4.79 Å². The van der Waals surface area contributed by atoms with Crippen molar-refractivity contribution in [3.05, 3.63) is 20.8 Å². The lowest BCUT2D eigenvalue weighted by atomic mass is 10.2. The van der Waals surface area contributed by atoms with E-state index in [2.05, 4.69) is 23.6 Å². The van der Waals surface area contributed by atoms with Crippen molar-refractivity contribution < 1.29 is 0 Å². The second-order valence-electron chi connectivity index (χ2n) is 4.02. The van der Waals surface area contributed by atoms with Gasteiger partial charge in [0.1, 0.15) is 4.51 Å². The van der Waals surface area contributed by atoms with E-state index in [1.165, 1.54) is 0 Å². The van der Waals surface area contributed by atoms with Crippen LogP contribution in [-0.2, 0) is 0 Å². The van der Waals surface area contributed by atoms with Gasteiger partial charge in [-0.1, -0.05) is 26.1 Å². The van der Waals surface area contributed by atoms with Crippen LogP contribution in [0.15, 0.2) is 10.9 Å². The van der Waals surface area contributed by atoms with Crippen LogP contribution in [0.3, 0.4) is 0 Å². The van der Waals surface area contributed by atoms with E-state index in [9.17, 15) is 4.79 Å². The van der Waals surface area contributed by atoms with Crippen molar-refractivity contribution in [2.75, 3.05) is 38.1 Å². The maximum atomic E-state index is 11.0. The summed E-state index contributed by atoms with van der Waals surface area (Å²) in [5, 5.41) is 0. The number of anilines is 1. The Balaban J connectivity index is 2.32. The fourth-order valence-electron chi connectivity index (χ4n) is 1.78. The minimum absolute atomic E-state index is 0.000549. The quantitative estimate of drug-likeness (QED) is 0.678. The molecule has 0 amide bonds. The van der Waals surface area contributed by atoms with E-state index in [1.807, 2.05) is 7.05 Å². The Hall–Kier alpha value is -0.740. The van der Waals surface area contributed by atoms with Crippen LogP contribution in [0.25, 0.3) is 0 Å². The molecule has 0 aliphatic heterocycles. The van der Waals surface area contributed by atoms with Crippen molar-refractivity contribution >= 4 is 17.9 Å². The number of nitrogens with zero attached hydrogens (tertiary/aromatic N) is 2. The van der Waals surface area contributed by atoms with Crippen LogP contribution in [0.4, 0.5) is 5.69 Å². The maximum Gasteiger partial charge on any atom is 0.200 e. The third kappa shape index (κ3) is 3.12. The molecule has 0 fully saturated rings.